The highest BCUT2D eigenvalue weighted by Crippen LogP contribution is 2.16. The maximum atomic E-state index is 12.2. The van der Waals surface area contributed by atoms with E-state index in [1.807, 2.05) is 0 Å². The number of thiol groups is 1. The highest BCUT2D eigenvalue weighted by molar-refractivity contribution is 7.80. The van der Waals surface area contributed by atoms with Gasteiger partial charge in [-0.15, -0.1) is 12.6 Å². The van der Waals surface area contributed by atoms with E-state index in [4.69, 9.17) is 11.6 Å². The van der Waals surface area contributed by atoms with E-state index in [0.29, 0.717) is 4.90 Å². The third-order valence-corrected chi connectivity index (χ3v) is 1.56. The van der Waals surface area contributed by atoms with Crippen molar-refractivity contribution in [2.75, 3.05) is 0 Å². The van der Waals surface area contributed by atoms with Crippen molar-refractivity contribution in [1.82, 2.24) is 4.98 Å². The fourth-order valence-electron chi connectivity index (χ4n) is 0.412. The first-order chi connectivity index (χ1) is 4.20. The zero-order valence-electron chi connectivity index (χ0n) is 4.31. The van der Waals surface area contributed by atoms with Crippen LogP contribution in [-0.2, 0) is 0 Å². The van der Waals surface area contributed by atoms with Gasteiger partial charge in [0.2, 0.25) is 0 Å². The Labute approximate surface area is 62.3 Å². The van der Waals surface area contributed by atoms with Crippen LogP contribution in [0.4, 0.5) is 4.39 Å². The predicted molar refractivity (Wildman–Crippen MR) is 36.5 cm³/mol. The standard InChI is InChI=1S/C5H3ClFNS/c6-5-4(9)1-3(7)2-8-5/h1-2,9H. The number of halogens is 2. The quantitative estimate of drug-likeness (QED) is 0.457. The molecule has 0 aliphatic heterocycles. The Balaban J connectivity index is 3.17. The third-order valence-electron chi connectivity index (χ3n) is 0.787. The van der Waals surface area contributed by atoms with Crippen LogP contribution in [0, 0.1) is 5.82 Å². The van der Waals surface area contributed by atoms with Crippen molar-refractivity contribution in [2.45, 2.75) is 4.90 Å². The summed E-state index contributed by atoms with van der Waals surface area (Å²) in [6, 6.07) is 1.21. The van der Waals surface area contributed by atoms with Crippen molar-refractivity contribution in [3.8, 4) is 0 Å². The van der Waals surface area contributed by atoms with E-state index in [2.05, 4.69) is 17.6 Å². The van der Waals surface area contributed by atoms with Gasteiger partial charge in [-0.3, -0.25) is 0 Å². The number of aromatic nitrogens is 1. The minimum absolute atomic E-state index is 0.222. The Hall–Kier alpha value is -0.280. The van der Waals surface area contributed by atoms with Crippen molar-refractivity contribution in [3.05, 3.63) is 23.2 Å². The minimum atomic E-state index is -0.426. The summed E-state index contributed by atoms with van der Waals surface area (Å²) in [5.74, 6) is -0.426. The van der Waals surface area contributed by atoms with Gasteiger partial charge < -0.3 is 0 Å². The Morgan fingerprint density at radius 2 is 2.33 bits per heavy atom. The van der Waals surface area contributed by atoms with Gasteiger partial charge in [0.15, 0.2) is 0 Å². The zero-order chi connectivity index (χ0) is 6.85. The number of nitrogens with zero attached hydrogens (tertiary/aromatic N) is 1. The number of pyridine rings is 1. The lowest BCUT2D eigenvalue weighted by Gasteiger charge is -1.92. The Morgan fingerprint density at radius 3 is 2.78 bits per heavy atom. The molecule has 0 fully saturated rings. The van der Waals surface area contributed by atoms with Gasteiger partial charge in [0.05, 0.1) is 6.20 Å². The van der Waals surface area contributed by atoms with Gasteiger partial charge in [0.25, 0.3) is 0 Å². The first-order valence-corrected chi connectivity index (χ1v) is 3.02. The fourth-order valence-corrected chi connectivity index (χ4v) is 0.696. The van der Waals surface area contributed by atoms with Crippen molar-refractivity contribution >= 4 is 24.2 Å². The fraction of sp³-hybridized carbons (Fsp3) is 0. The maximum Gasteiger partial charge on any atom is 0.142 e. The molecule has 0 aliphatic rings. The van der Waals surface area contributed by atoms with Crippen LogP contribution in [0.5, 0.6) is 0 Å². The van der Waals surface area contributed by atoms with E-state index in [1.54, 1.807) is 0 Å². The first-order valence-electron chi connectivity index (χ1n) is 2.20. The maximum absolute atomic E-state index is 12.2. The second-order valence-corrected chi connectivity index (χ2v) is 2.30. The molecule has 0 atom stereocenters. The lowest BCUT2D eigenvalue weighted by atomic mass is 10.5. The molecule has 1 aromatic rings. The molecular formula is C5H3ClFNS. The van der Waals surface area contributed by atoms with Crippen LogP contribution in [0.15, 0.2) is 17.2 Å². The molecule has 0 unspecified atom stereocenters. The number of hydrogen-bond donors (Lipinski definition) is 1. The number of rotatable bonds is 0. The monoisotopic (exact) mass is 163 g/mol. The highest BCUT2D eigenvalue weighted by atomic mass is 35.5. The van der Waals surface area contributed by atoms with E-state index in [-0.39, 0.29) is 5.15 Å². The highest BCUT2D eigenvalue weighted by Gasteiger charge is 1.96. The van der Waals surface area contributed by atoms with Crippen LogP contribution in [0.3, 0.4) is 0 Å². The summed E-state index contributed by atoms with van der Waals surface area (Å²) < 4.78 is 12.2. The average molecular weight is 164 g/mol. The summed E-state index contributed by atoms with van der Waals surface area (Å²) in [4.78, 5) is 3.85. The molecule has 0 aromatic carbocycles. The molecule has 4 heteroatoms. The molecule has 0 saturated carbocycles. The molecule has 48 valence electrons. The van der Waals surface area contributed by atoms with Crippen molar-refractivity contribution in [2.24, 2.45) is 0 Å². The molecule has 9 heavy (non-hydrogen) atoms. The molecule has 0 amide bonds. The van der Waals surface area contributed by atoms with Gasteiger partial charge >= 0.3 is 0 Å². The topological polar surface area (TPSA) is 12.9 Å². The lowest BCUT2D eigenvalue weighted by molar-refractivity contribution is 0.617. The smallest absolute Gasteiger partial charge is 0.142 e. The second-order valence-electron chi connectivity index (χ2n) is 1.46. The van der Waals surface area contributed by atoms with Gasteiger partial charge in [-0.2, -0.15) is 0 Å². The van der Waals surface area contributed by atoms with Crippen molar-refractivity contribution in [3.63, 3.8) is 0 Å². The van der Waals surface area contributed by atoms with Gasteiger partial charge in [0, 0.05) is 4.90 Å². The molecule has 0 aliphatic carbocycles. The molecule has 0 bridgehead atoms. The van der Waals surface area contributed by atoms with Crippen molar-refractivity contribution < 1.29 is 4.39 Å². The largest absolute Gasteiger partial charge is 0.240 e. The molecule has 1 heterocycles. The molecule has 1 rings (SSSR count). The van der Waals surface area contributed by atoms with Crippen molar-refractivity contribution in [1.29, 1.82) is 0 Å². The molecule has 0 N–H and O–H groups in total. The van der Waals surface area contributed by atoms with E-state index < -0.39 is 5.82 Å². The van der Waals surface area contributed by atoms with Gasteiger partial charge in [-0.05, 0) is 6.07 Å². The second kappa shape index (κ2) is 2.54. The van der Waals surface area contributed by atoms with Crippen LogP contribution in [0.1, 0.15) is 0 Å². The Bertz CT molecular complexity index is 228. The van der Waals surface area contributed by atoms with Crippen LogP contribution >= 0.6 is 24.2 Å². The number of hydrogen-bond acceptors (Lipinski definition) is 2. The summed E-state index contributed by atoms with van der Waals surface area (Å²) >= 11 is 9.26. The summed E-state index contributed by atoms with van der Waals surface area (Å²) in [7, 11) is 0. The lowest BCUT2D eigenvalue weighted by Crippen LogP contribution is -1.79. The molecule has 1 aromatic heterocycles. The summed E-state index contributed by atoms with van der Waals surface area (Å²) in [6.45, 7) is 0. The predicted octanol–water partition coefficient (Wildman–Crippen LogP) is 2.16. The summed E-state index contributed by atoms with van der Waals surface area (Å²) in [5.41, 5.74) is 0. The normalized spacial score (nSPS) is 9.67. The van der Waals surface area contributed by atoms with Crippen LogP contribution < -0.4 is 0 Å². The average Bonchev–Trinajstić information content (AvgIpc) is 1.80. The van der Waals surface area contributed by atoms with Crippen LogP contribution in [0.2, 0.25) is 5.15 Å². The molecule has 0 saturated heterocycles. The van der Waals surface area contributed by atoms with E-state index >= 15 is 0 Å². The Kier molecular flexibility index (Phi) is 1.93. The molecule has 0 spiro atoms. The first kappa shape index (κ1) is 6.83. The zero-order valence-corrected chi connectivity index (χ0v) is 5.96. The minimum Gasteiger partial charge on any atom is -0.240 e. The van der Waals surface area contributed by atoms with E-state index in [9.17, 15) is 4.39 Å². The van der Waals surface area contributed by atoms with E-state index in [1.165, 1.54) is 6.07 Å². The summed E-state index contributed by atoms with van der Waals surface area (Å²) in [6.07, 6.45) is 1.04. The Morgan fingerprint density at radius 1 is 1.67 bits per heavy atom. The summed E-state index contributed by atoms with van der Waals surface area (Å²) in [5, 5.41) is 0.222. The van der Waals surface area contributed by atoms with Gasteiger partial charge in [-0.25, -0.2) is 9.37 Å². The van der Waals surface area contributed by atoms with E-state index in [0.717, 1.165) is 6.20 Å². The van der Waals surface area contributed by atoms with Crippen LogP contribution in [-0.4, -0.2) is 4.98 Å². The SMILES string of the molecule is Fc1cnc(Cl)c(S)c1. The van der Waals surface area contributed by atoms with Gasteiger partial charge in [-0.1, -0.05) is 11.6 Å². The van der Waals surface area contributed by atoms with Crippen LogP contribution in [0.25, 0.3) is 0 Å². The molecular weight excluding hydrogens is 161 g/mol. The molecule has 1 nitrogen and oxygen atoms in total. The third kappa shape index (κ3) is 1.56. The molecule has 0 radical (unpaired) electrons. The van der Waals surface area contributed by atoms with Gasteiger partial charge in [0.1, 0.15) is 11.0 Å².